The molecule has 0 N–H and O–H groups in total. The second-order valence-corrected chi connectivity index (χ2v) is 4.35. The molecule has 2 aromatic heterocycles. The van der Waals surface area contributed by atoms with E-state index in [0.717, 1.165) is 17.0 Å². The van der Waals surface area contributed by atoms with Crippen LogP contribution in [0, 0.1) is 11.3 Å². The highest BCUT2D eigenvalue weighted by atomic mass is 16.5. The van der Waals surface area contributed by atoms with Crippen molar-refractivity contribution >= 4 is 5.65 Å². The van der Waals surface area contributed by atoms with Gasteiger partial charge < -0.3 is 4.74 Å². The van der Waals surface area contributed by atoms with E-state index in [-0.39, 0.29) is 0 Å². The number of hydrogen-bond acceptors (Lipinski definition) is 4. The van der Waals surface area contributed by atoms with Gasteiger partial charge in [0.2, 0.25) is 0 Å². The number of benzene rings is 1. The minimum atomic E-state index is 0.561. The van der Waals surface area contributed by atoms with Gasteiger partial charge in [0.15, 0.2) is 11.5 Å². The molecule has 20 heavy (non-hydrogen) atoms. The Kier molecular flexibility index (Phi) is 3.05. The molecule has 0 radical (unpaired) electrons. The summed E-state index contributed by atoms with van der Waals surface area (Å²) in [7, 11) is 1.65. The third kappa shape index (κ3) is 2.19. The fraction of sp³-hybridized carbons (Fsp3) is 0.133. The van der Waals surface area contributed by atoms with Gasteiger partial charge in [-0.1, -0.05) is 18.2 Å². The van der Waals surface area contributed by atoms with Gasteiger partial charge in [-0.15, -0.1) is 0 Å². The van der Waals surface area contributed by atoms with Crippen LogP contribution in [0.5, 0.6) is 5.75 Å². The second kappa shape index (κ2) is 5.02. The van der Waals surface area contributed by atoms with Crippen molar-refractivity contribution in [3.63, 3.8) is 0 Å². The summed E-state index contributed by atoms with van der Waals surface area (Å²) in [6.07, 6.45) is 2.27. The first-order valence-electron chi connectivity index (χ1n) is 6.17. The molecule has 0 aliphatic heterocycles. The molecule has 0 amide bonds. The number of nitrogens with zero attached hydrogens (tertiary/aromatic N) is 4. The Labute approximate surface area is 116 Å². The lowest BCUT2D eigenvalue weighted by atomic mass is 10.1. The molecule has 0 aliphatic rings. The standard InChI is InChI=1S/C15H12N4O/c1-20-13-5-3-2-4-12(13)8-14-17-15-7-6-11(9-16)10-19(15)18-14/h2-7,10H,8H2,1H3. The largest absolute Gasteiger partial charge is 0.496 e. The zero-order valence-corrected chi connectivity index (χ0v) is 10.9. The van der Waals surface area contributed by atoms with E-state index < -0.39 is 0 Å². The molecule has 0 atom stereocenters. The number of aromatic nitrogens is 3. The molecule has 98 valence electrons. The molecule has 0 saturated heterocycles. The van der Waals surface area contributed by atoms with Crippen LogP contribution < -0.4 is 4.74 Å². The van der Waals surface area contributed by atoms with Crippen LogP contribution in [0.2, 0.25) is 0 Å². The number of pyridine rings is 1. The van der Waals surface area contributed by atoms with Gasteiger partial charge in [0.1, 0.15) is 11.8 Å². The molecular formula is C15H12N4O. The topological polar surface area (TPSA) is 63.2 Å². The summed E-state index contributed by atoms with van der Waals surface area (Å²) in [6, 6.07) is 13.4. The Morgan fingerprint density at radius 3 is 2.90 bits per heavy atom. The van der Waals surface area contributed by atoms with E-state index in [4.69, 9.17) is 10.00 Å². The summed E-state index contributed by atoms with van der Waals surface area (Å²) in [5.74, 6) is 1.52. The maximum atomic E-state index is 8.88. The number of para-hydroxylation sites is 1. The molecule has 0 unspecified atom stereocenters. The van der Waals surface area contributed by atoms with Gasteiger partial charge in [-0.05, 0) is 18.2 Å². The number of ether oxygens (including phenoxy) is 1. The van der Waals surface area contributed by atoms with Crippen LogP contribution in [-0.4, -0.2) is 21.7 Å². The van der Waals surface area contributed by atoms with Gasteiger partial charge in [-0.3, -0.25) is 0 Å². The van der Waals surface area contributed by atoms with E-state index in [1.807, 2.05) is 24.3 Å². The minimum Gasteiger partial charge on any atom is -0.496 e. The van der Waals surface area contributed by atoms with Crippen LogP contribution in [0.25, 0.3) is 5.65 Å². The van der Waals surface area contributed by atoms with Crippen molar-refractivity contribution in [2.45, 2.75) is 6.42 Å². The first-order chi connectivity index (χ1) is 9.80. The lowest BCUT2D eigenvalue weighted by Gasteiger charge is -2.05. The third-order valence-corrected chi connectivity index (χ3v) is 3.05. The van der Waals surface area contributed by atoms with Crippen LogP contribution in [0.4, 0.5) is 0 Å². The van der Waals surface area contributed by atoms with Crippen molar-refractivity contribution in [2.24, 2.45) is 0 Å². The van der Waals surface area contributed by atoms with Gasteiger partial charge in [-0.2, -0.15) is 10.4 Å². The highest BCUT2D eigenvalue weighted by Crippen LogP contribution is 2.20. The number of rotatable bonds is 3. The number of fused-ring (bicyclic) bond motifs is 1. The predicted octanol–water partition coefficient (Wildman–Crippen LogP) is 2.20. The first-order valence-corrected chi connectivity index (χ1v) is 6.17. The summed E-state index contributed by atoms with van der Waals surface area (Å²) in [5.41, 5.74) is 2.33. The van der Waals surface area contributed by atoms with Crippen LogP contribution >= 0.6 is 0 Å². The van der Waals surface area contributed by atoms with Crippen molar-refractivity contribution in [3.8, 4) is 11.8 Å². The molecule has 3 rings (SSSR count). The van der Waals surface area contributed by atoms with E-state index in [9.17, 15) is 0 Å². The number of hydrogen-bond donors (Lipinski definition) is 0. The van der Waals surface area contributed by atoms with E-state index in [2.05, 4.69) is 16.2 Å². The van der Waals surface area contributed by atoms with Crippen LogP contribution in [0.1, 0.15) is 17.0 Å². The molecule has 2 heterocycles. The molecule has 0 aliphatic carbocycles. The zero-order chi connectivity index (χ0) is 13.9. The quantitative estimate of drug-likeness (QED) is 0.727. The monoisotopic (exact) mass is 264 g/mol. The minimum absolute atomic E-state index is 0.561. The number of methoxy groups -OCH3 is 1. The summed E-state index contributed by atoms with van der Waals surface area (Å²) in [5, 5.41) is 13.3. The third-order valence-electron chi connectivity index (χ3n) is 3.05. The maximum absolute atomic E-state index is 8.88. The normalized spacial score (nSPS) is 10.4. The second-order valence-electron chi connectivity index (χ2n) is 4.35. The fourth-order valence-corrected chi connectivity index (χ4v) is 2.09. The van der Waals surface area contributed by atoms with E-state index in [1.165, 1.54) is 0 Å². The van der Waals surface area contributed by atoms with Crippen molar-refractivity contribution in [1.29, 1.82) is 5.26 Å². The lowest BCUT2D eigenvalue weighted by molar-refractivity contribution is 0.410. The van der Waals surface area contributed by atoms with E-state index in [1.54, 1.807) is 30.0 Å². The van der Waals surface area contributed by atoms with E-state index >= 15 is 0 Å². The van der Waals surface area contributed by atoms with Gasteiger partial charge in [0.05, 0.1) is 12.7 Å². The summed E-state index contributed by atoms with van der Waals surface area (Å²) < 4.78 is 6.95. The molecule has 0 bridgehead atoms. The molecule has 5 nitrogen and oxygen atoms in total. The number of nitriles is 1. The SMILES string of the molecule is COc1ccccc1Cc1nc2ccc(C#N)cn2n1. The lowest BCUT2D eigenvalue weighted by Crippen LogP contribution is -1.95. The summed E-state index contributed by atoms with van der Waals surface area (Å²) in [4.78, 5) is 4.45. The highest BCUT2D eigenvalue weighted by Gasteiger charge is 2.08. The maximum Gasteiger partial charge on any atom is 0.156 e. The average Bonchev–Trinajstić information content (AvgIpc) is 2.89. The predicted molar refractivity (Wildman–Crippen MR) is 73.5 cm³/mol. The van der Waals surface area contributed by atoms with Crippen LogP contribution in [0.15, 0.2) is 42.6 Å². The first kappa shape index (κ1) is 12.2. The summed E-state index contributed by atoms with van der Waals surface area (Å²) in [6.45, 7) is 0. The van der Waals surface area contributed by atoms with Gasteiger partial charge in [0, 0.05) is 18.2 Å². The van der Waals surface area contributed by atoms with Gasteiger partial charge in [-0.25, -0.2) is 9.50 Å². The van der Waals surface area contributed by atoms with E-state index in [0.29, 0.717) is 17.8 Å². The zero-order valence-electron chi connectivity index (χ0n) is 10.9. The van der Waals surface area contributed by atoms with Crippen molar-refractivity contribution < 1.29 is 4.74 Å². The fourth-order valence-electron chi connectivity index (χ4n) is 2.09. The Morgan fingerprint density at radius 2 is 2.10 bits per heavy atom. The molecule has 0 saturated carbocycles. The molecule has 5 heteroatoms. The Hall–Kier alpha value is -2.87. The molecule has 0 fully saturated rings. The highest BCUT2D eigenvalue weighted by molar-refractivity contribution is 5.43. The average molecular weight is 264 g/mol. The van der Waals surface area contributed by atoms with Crippen molar-refractivity contribution in [3.05, 3.63) is 59.5 Å². The Balaban J connectivity index is 1.97. The summed E-state index contributed by atoms with van der Waals surface area (Å²) >= 11 is 0. The van der Waals surface area contributed by atoms with Crippen molar-refractivity contribution in [2.75, 3.05) is 7.11 Å². The Bertz CT molecular complexity index is 801. The van der Waals surface area contributed by atoms with Crippen LogP contribution in [-0.2, 0) is 6.42 Å². The molecule has 1 aromatic carbocycles. The smallest absolute Gasteiger partial charge is 0.156 e. The van der Waals surface area contributed by atoms with Crippen LogP contribution in [0.3, 0.4) is 0 Å². The molecule has 3 aromatic rings. The Morgan fingerprint density at radius 1 is 1.25 bits per heavy atom. The molecular weight excluding hydrogens is 252 g/mol. The molecule has 0 spiro atoms. The van der Waals surface area contributed by atoms with Gasteiger partial charge in [0.25, 0.3) is 0 Å². The van der Waals surface area contributed by atoms with Crippen molar-refractivity contribution in [1.82, 2.24) is 14.6 Å². The van der Waals surface area contributed by atoms with Gasteiger partial charge >= 0.3 is 0 Å².